The van der Waals surface area contributed by atoms with Crippen LogP contribution in [0.4, 0.5) is 0 Å². The van der Waals surface area contributed by atoms with Gasteiger partial charge in [-0.2, -0.15) is 0 Å². The first-order valence-corrected chi connectivity index (χ1v) is 6.67. The Balaban J connectivity index is 1.72. The van der Waals surface area contributed by atoms with Crippen LogP contribution in [-0.2, 0) is 13.0 Å². The minimum Gasteiger partial charge on any atom is -0.488 e. The Kier molecular flexibility index (Phi) is 2.87. The third-order valence-electron chi connectivity index (χ3n) is 3.12. The zero-order chi connectivity index (χ0) is 11.7. The summed E-state index contributed by atoms with van der Waals surface area (Å²) in [7, 11) is 0. The molecule has 1 unspecified atom stereocenters. The standard InChI is InChI=1S/C14H14O2S/c15-14-6-3-10-8-11(4-5-13(10)14)16-9-12-2-1-7-17-12/h1-2,4-5,7-8,14-15H,3,6,9H2. The third kappa shape index (κ3) is 2.21. The molecular formula is C14H14O2S. The molecule has 0 radical (unpaired) electrons. The van der Waals surface area contributed by atoms with E-state index in [0.29, 0.717) is 6.61 Å². The number of benzene rings is 1. The summed E-state index contributed by atoms with van der Waals surface area (Å²) >= 11 is 1.70. The Morgan fingerprint density at radius 1 is 1.35 bits per heavy atom. The van der Waals surface area contributed by atoms with E-state index in [1.165, 1.54) is 10.4 Å². The van der Waals surface area contributed by atoms with Gasteiger partial charge in [0.05, 0.1) is 6.10 Å². The van der Waals surface area contributed by atoms with Crippen LogP contribution in [0.3, 0.4) is 0 Å². The molecule has 3 rings (SSSR count). The third-order valence-corrected chi connectivity index (χ3v) is 3.97. The van der Waals surface area contributed by atoms with Crippen molar-refractivity contribution in [3.05, 3.63) is 51.7 Å². The first kappa shape index (κ1) is 10.8. The Hall–Kier alpha value is -1.32. The predicted molar refractivity (Wildman–Crippen MR) is 68.4 cm³/mol. The maximum absolute atomic E-state index is 9.71. The summed E-state index contributed by atoms with van der Waals surface area (Å²) in [6, 6.07) is 10.1. The lowest BCUT2D eigenvalue weighted by molar-refractivity contribution is 0.180. The van der Waals surface area contributed by atoms with Crippen molar-refractivity contribution in [1.82, 2.24) is 0 Å². The molecule has 0 spiro atoms. The van der Waals surface area contributed by atoms with E-state index in [4.69, 9.17) is 4.74 Å². The summed E-state index contributed by atoms with van der Waals surface area (Å²) < 4.78 is 5.74. The van der Waals surface area contributed by atoms with Gasteiger partial charge in [-0.3, -0.25) is 0 Å². The van der Waals surface area contributed by atoms with Gasteiger partial charge in [-0.05, 0) is 47.5 Å². The second kappa shape index (κ2) is 4.51. The lowest BCUT2D eigenvalue weighted by Gasteiger charge is -2.08. The van der Waals surface area contributed by atoms with E-state index in [1.807, 2.05) is 18.2 Å². The van der Waals surface area contributed by atoms with Gasteiger partial charge in [0.15, 0.2) is 0 Å². The fourth-order valence-corrected chi connectivity index (χ4v) is 2.83. The Morgan fingerprint density at radius 2 is 2.29 bits per heavy atom. The molecular weight excluding hydrogens is 232 g/mol. The summed E-state index contributed by atoms with van der Waals surface area (Å²) in [5, 5.41) is 11.8. The van der Waals surface area contributed by atoms with Crippen LogP contribution in [0.15, 0.2) is 35.7 Å². The largest absolute Gasteiger partial charge is 0.488 e. The Labute approximate surface area is 104 Å². The molecule has 0 aliphatic heterocycles. The number of aliphatic hydroxyl groups is 1. The zero-order valence-electron chi connectivity index (χ0n) is 9.43. The number of rotatable bonds is 3. The minimum atomic E-state index is -0.281. The average molecular weight is 246 g/mol. The number of hydrogen-bond acceptors (Lipinski definition) is 3. The topological polar surface area (TPSA) is 29.5 Å². The minimum absolute atomic E-state index is 0.281. The van der Waals surface area contributed by atoms with Crippen molar-refractivity contribution in [2.75, 3.05) is 0 Å². The summed E-state index contributed by atoms with van der Waals surface area (Å²) in [4.78, 5) is 1.23. The number of thiophene rings is 1. The van der Waals surface area contributed by atoms with Crippen LogP contribution in [-0.4, -0.2) is 5.11 Å². The summed E-state index contributed by atoms with van der Waals surface area (Å²) in [5.74, 6) is 0.895. The van der Waals surface area contributed by atoms with Gasteiger partial charge in [0.1, 0.15) is 12.4 Å². The lowest BCUT2D eigenvalue weighted by Crippen LogP contribution is -1.95. The van der Waals surface area contributed by atoms with E-state index < -0.39 is 0 Å². The van der Waals surface area contributed by atoms with Crippen LogP contribution in [0.25, 0.3) is 0 Å². The van der Waals surface area contributed by atoms with Gasteiger partial charge in [-0.1, -0.05) is 12.1 Å². The highest BCUT2D eigenvalue weighted by Crippen LogP contribution is 2.33. The van der Waals surface area contributed by atoms with Crippen LogP contribution >= 0.6 is 11.3 Å². The van der Waals surface area contributed by atoms with Crippen molar-refractivity contribution in [3.8, 4) is 5.75 Å². The number of ether oxygens (including phenoxy) is 1. The second-order valence-electron chi connectivity index (χ2n) is 4.28. The molecule has 0 bridgehead atoms. The van der Waals surface area contributed by atoms with Crippen LogP contribution < -0.4 is 4.74 Å². The Morgan fingerprint density at radius 3 is 3.12 bits per heavy atom. The fourth-order valence-electron chi connectivity index (χ4n) is 2.21. The quantitative estimate of drug-likeness (QED) is 0.900. The number of aryl methyl sites for hydroxylation is 1. The number of aliphatic hydroxyl groups excluding tert-OH is 1. The van der Waals surface area contributed by atoms with Crippen molar-refractivity contribution in [2.45, 2.75) is 25.6 Å². The molecule has 0 saturated carbocycles. The highest BCUT2D eigenvalue weighted by atomic mass is 32.1. The van der Waals surface area contributed by atoms with Crippen LogP contribution in [0.2, 0.25) is 0 Å². The van der Waals surface area contributed by atoms with Crippen molar-refractivity contribution >= 4 is 11.3 Å². The van der Waals surface area contributed by atoms with Gasteiger partial charge in [0.2, 0.25) is 0 Å². The van der Waals surface area contributed by atoms with Gasteiger partial charge in [-0.25, -0.2) is 0 Å². The molecule has 1 atom stereocenters. The summed E-state index contributed by atoms with van der Waals surface area (Å²) in [5.41, 5.74) is 2.29. The van der Waals surface area contributed by atoms with Crippen LogP contribution in [0.5, 0.6) is 5.75 Å². The van der Waals surface area contributed by atoms with Crippen molar-refractivity contribution in [2.24, 2.45) is 0 Å². The highest BCUT2D eigenvalue weighted by molar-refractivity contribution is 7.09. The van der Waals surface area contributed by atoms with Gasteiger partial charge < -0.3 is 9.84 Å². The monoisotopic (exact) mass is 246 g/mol. The Bertz CT molecular complexity index is 505. The normalized spacial score (nSPS) is 18.1. The van der Waals surface area contributed by atoms with Crippen molar-refractivity contribution in [1.29, 1.82) is 0 Å². The molecule has 1 heterocycles. The van der Waals surface area contributed by atoms with E-state index in [1.54, 1.807) is 11.3 Å². The smallest absolute Gasteiger partial charge is 0.122 e. The predicted octanol–water partition coefficient (Wildman–Crippen LogP) is 3.31. The van der Waals surface area contributed by atoms with Crippen LogP contribution in [0.1, 0.15) is 28.5 Å². The maximum Gasteiger partial charge on any atom is 0.122 e. The first-order valence-electron chi connectivity index (χ1n) is 5.79. The molecule has 0 saturated heterocycles. The first-order chi connectivity index (χ1) is 8.33. The van der Waals surface area contributed by atoms with Gasteiger partial charge >= 0.3 is 0 Å². The summed E-state index contributed by atoms with van der Waals surface area (Å²) in [6.45, 7) is 0.624. The van der Waals surface area contributed by atoms with Crippen LogP contribution in [0, 0.1) is 0 Å². The van der Waals surface area contributed by atoms with E-state index in [9.17, 15) is 5.11 Å². The van der Waals surface area contributed by atoms with Gasteiger partial charge in [0.25, 0.3) is 0 Å². The summed E-state index contributed by atoms with van der Waals surface area (Å²) in [6.07, 6.45) is 1.51. The molecule has 17 heavy (non-hydrogen) atoms. The maximum atomic E-state index is 9.71. The van der Waals surface area contributed by atoms with Gasteiger partial charge in [0, 0.05) is 4.88 Å². The molecule has 0 amide bonds. The van der Waals surface area contributed by atoms with E-state index in [-0.39, 0.29) is 6.10 Å². The van der Waals surface area contributed by atoms with E-state index in [0.717, 1.165) is 24.2 Å². The molecule has 88 valence electrons. The van der Waals surface area contributed by atoms with Gasteiger partial charge in [-0.15, -0.1) is 11.3 Å². The SMILES string of the molecule is OC1CCc2cc(OCc3cccs3)ccc21. The zero-order valence-corrected chi connectivity index (χ0v) is 10.2. The lowest BCUT2D eigenvalue weighted by atomic mass is 10.1. The highest BCUT2D eigenvalue weighted by Gasteiger charge is 2.20. The molecule has 1 aromatic carbocycles. The van der Waals surface area contributed by atoms with E-state index in [2.05, 4.69) is 17.5 Å². The average Bonchev–Trinajstić information content (AvgIpc) is 2.97. The number of hydrogen-bond donors (Lipinski definition) is 1. The number of fused-ring (bicyclic) bond motifs is 1. The molecule has 1 aliphatic carbocycles. The molecule has 0 fully saturated rings. The molecule has 3 heteroatoms. The molecule has 2 aromatic rings. The molecule has 1 N–H and O–H groups in total. The second-order valence-corrected chi connectivity index (χ2v) is 5.32. The van der Waals surface area contributed by atoms with Crippen molar-refractivity contribution < 1.29 is 9.84 Å². The molecule has 1 aliphatic rings. The fraction of sp³-hybridized carbons (Fsp3) is 0.286. The van der Waals surface area contributed by atoms with Crippen molar-refractivity contribution in [3.63, 3.8) is 0 Å². The molecule has 1 aromatic heterocycles. The molecule has 2 nitrogen and oxygen atoms in total. The van der Waals surface area contributed by atoms with E-state index >= 15 is 0 Å².